The molecule has 7 nitrogen and oxygen atoms in total. The summed E-state index contributed by atoms with van der Waals surface area (Å²) in [4.78, 5) is 8.68. The predicted molar refractivity (Wildman–Crippen MR) is 116 cm³/mol. The molecular formula is C23H24N4O3. The van der Waals surface area contributed by atoms with E-state index < -0.39 is 0 Å². The normalized spacial score (nSPS) is 13.4. The number of nitrogens with zero attached hydrogens (tertiary/aromatic N) is 2. The number of aromatic nitrogens is 1. The monoisotopic (exact) mass is 404 g/mol. The number of nitrogens with one attached hydrogen (secondary N) is 1. The number of hydrogen-bond donors (Lipinski definition) is 2. The van der Waals surface area contributed by atoms with Gasteiger partial charge in [0.1, 0.15) is 12.4 Å². The Labute approximate surface area is 175 Å². The zero-order valence-electron chi connectivity index (χ0n) is 16.6. The van der Waals surface area contributed by atoms with Crippen LogP contribution in [0.2, 0.25) is 0 Å². The molecule has 1 aliphatic heterocycles. The zero-order chi connectivity index (χ0) is 20.6. The maximum Gasteiger partial charge on any atom is 0.193 e. The van der Waals surface area contributed by atoms with Crippen LogP contribution in [0.1, 0.15) is 17.7 Å². The molecule has 0 saturated carbocycles. The molecule has 0 radical (unpaired) electrons. The van der Waals surface area contributed by atoms with Gasteiger partial charge in [-0.2, -0.15) is 0 Å². The summed E-state index contributed by atoms with van der Waals surface area (Å²) in [5.74, 6) is 2.55. The summed E-state index contributed by atoms with van der Waals surface area (Å²) in [6.45, 7) is 2.15. The molecule has 0 fully saturated rings. The van der Waals surface area contributed by atoms with Crippen LogP contribution in [-0.2, 0) is 13.2 Å². The fourth-order valence-electron chi connectivity index (χ4n) is 2.98. The number of ether oxygens (including phenoxy) is 3. The minimum Gasteiger partial charge on any atom is -0.490 e. The standard InChI is InChI=1S/C23H24N4O3/c24-23(27-18-8-9-21-22(14-18)29-12-4-11-28-21)26-15-17-5-3-7-20(13-17)30-16-19-6-1-2-10-25-19/h1-3,5-10,13-14H,4,11-12,15-16H2,(H3,24,26,27). The van der Waals surface area contributed by atoms with Gasteiger partial charge in [-0.15, -0.1) is 0 Å². The third-order valence-electron chi connectivity index (χ3n) is 4.46. The molecular weight excluding hydrogens is 380 g/mol. The molecule has 154 valence electrons. The van der Waals surface area contributed by atoms with E-state index in [-0.39, 0.29) is 0 Å². The van der Waals surface area contributed by atoms with Crippen molar-refractivity contribution in [3.63, 3.8) is 0 Å². The molecule has 0 aliphatic carbocycles. The third-order valence-corrected chi connectivity index (χ3v) is 4.46. The van der Waals surface area contributed by atoms with Crippen molar-refractivity contribution in [2.24, 2.45) is 10.7 Å². The number of fused-ring (bicyclic) bond motifs is 1. The summed E-state index contributed by atoms with van der Waals surface area (Å²) in [6, 6.07) is 19.2. The van der Waals surface area contributed by atoms with Gasteiger partial charge in [0.25, 0.3) is 0 Å². The lowest BCUT2D eigenvalue weighted by Crippen LogP contribution is -2.22. The number of nitrogens with two attached hydrogens (primary N) is 1. The summed E-state index contributed by atoms with van der Waals surface area (Å²) >= 11 is 0. The fraction of sp³-hybridized carbons (Fsp3) is 0.217. The van der Waals surface area contributed by atoms with Crippen LogP contribution in [0.4, 0.5) is 5.69 Å². The Morgan fingerprint density at radius 3 is 2.80 bits per heavy atom. The maximum absolute atomic E-state index is 6.06. The van der Waals surface area contributed by atoms with Crippen molar-refractivity contribution in [3.05, 3.63) is 78.1 Å². The SMILES string of the molecule is NC(=NCc1cccc(OCc2ccccn2)c1)Nc1ccc2c(c1)OCCCO2. The van der Waals surface area contributed by atoms with E-state index in [9.17, 15) is 0 Å². The molecule has 2 heterocycles. The Bertz CT molecular complexity index is 1010. The first-order valence-corrected chi connectivity index (χ1v) is 9.84. The first-order chi connectivity index (χ1) is 14.8. The molecule has 3 N–H and O–H groups in total. The number of pyridine rings is 1. The van der Waals surface area contributed by atoms with Gasteiger partial charge in [-0.25, -0.2) is 4.99 Å². The number of rotatable bonds is 6. The lowest BCUT2D eigenvalue weighted by molar-refractivity contribution is 0.297. The van der Waals surface area contributed by atoms with Crippen molar-refractivity contribution >= 4 is 11.6 Å². The minimum atomic E-state index is 0.323. The van der Waals surface area contributed by atoms with Gasteiger partial charge in [0.2, 0.25) is 0 Å². The van der Waals surface area contributed by atoms with E-state index in [0.717, 1.165) is 34.9 Å². The Kier molecular flexibility index (Phi) is 6.29. The predicted octanol–water partition coefficient (Wildman–Crippen LogP) is 3.75. The molecule has 0 unspecified atom stereocenters. The highest BCUT2D eigenvalue weighted by Crippen LogP contribution is 2.32. The van der Waals surface area contributed by atoms with Gasteiger partial charge >= 0.3 is 0 Å². The summed E-state index contributed by atoms with van der Waals surface area (Å²) in [6.07, 6.45) is 2.62. The van der Waals surface area contributed by atoms with Gasteiger partial charge in [0, 0.05) is 24.4 Å². The Morgan fingerprint density at radius 2 is 1.93 bits per heavy atom. The fourth-order valence-corrected chi connectivity index (χ4v) is 2.98. The summed E-state index contributed by atoms with van der Waals surface area (Å²) < 4.78 is 17.2. The maximum atomic E-state index is 6.06. The number of aliphatic imine (C=N–C) groups is 1. The summed E-state index contributed by atoms with van der Waals surface area (Å²) in [7, 11) is 0. The van der Waals surface area contributed by atoms with Crippen molar-refractivity contribution in [1.82, 2.24) is 4.98 Å². The van der Waals surface area contributed by atoms with E-state index in [1.807, 2.05) is 60.7 Å². The minimum absolute atomic E-state index is 0.323. The molecule has 0 bridgehead atoms. The van der Waals surface area contributed by atoms with Gasteiger partial charge < -0.3 is 25.3 Å². The average Bonchev–Trinajstić information content (AvgIpc) is 3.02. The Morgan fingerprint density at radius 1 is 1.03 bits per heavy atom. The first kappa shape index (κ1) is 19.6. The van der Waals surface area contributed by atoms with E-state index in [0.29, 0.717) is 38.1 Å². The van der Waals surface area contributed by atoms with Gasteiger partial charge in [0.15, 0.2) is 17.5 Å². The lowest BCUT2D eigenvalue weighted by Gasteiger charge is -2.11. The topological polar surface area (TPSA) is 91.0 Å². The average molecular weight is 404 g/mol. The van der Waals surface area contributed by atoms with Crippen LogP contribution in [0.15, 0.2) is 71.9 Å². The van der Waals surface area contributed by atoms with Crippen molar-refractivity contribution in [2.75, 3.05) is 18.5 Å². The molecule has 0 amide bonds. The largest absolute Gasteiger partial charge is 0.490 e. The number of guanidine groups is 1. The zero-order valence-corrected chi connectivity index (χ0v) is 16.6. The Balaban J connectivity index is 1.34. The first-order valence-electron chi connectivity index (χ1n) is 9.84. The van der Waals surface area contributed by atoms with E-state index in [2.05, 4.69) is 15.3 Å². The number of hydrogen-bond acceptors (Lipinski definition) is 5. The van der Waals surface area contributed by atoms with Crippen molar-refractivity contribution < 1.29 is 14.2 Å². The Hall–Kier alpha value is -3.74. The lowest BCUT2D eigenvalue weighted by atomic mass is 10.2. The van der Waals surface area contributed by atoms with E-state index >= 15 is 0 Å². The van der Waals surface area contributed by atoms with Gasteiger partial charge in [-0.3, -0.25) is 4.98 Å². The molecule has 2 aromatic carbocycles. The van der Waals surface area contributed by atoms with Crippen LogP contribution in [0.3, 0.4) is 0 Å². The van der Waals surface area contributed by atoms with Crippen molar-refractivity contribution in [1.29, 1.82) is 0 Å². The molecule has 0 spiro atoms. The molecule has 1 aromatic heterocycles. The van der Waals surface area contributed by atoms with E-state index in [1.165, 1.54) is 0 Å². The van der Waals surface area contributed by atoms with Crippen LogP contribution < -0.4 is 25.3 Å². The third kappa shape index (κ3) is 5.41. The van der Waals surface area contributed by atoms with E-state index in [4.69, 9.17) is 19.9 Å². The summed E-state index contributed by atoms with van der Waals surface area (Å²) in [5.41, 5.74) is 8.74. The van der Waals surface area contributed by atoms with Crippen LogP contribution in [-0.4, -0.2) is 24.2 Å². The van der Waals surface area contributed by atoms with Crippen molar-refractivity contribution in [3.8, 4) is 17.2 Å². The number of benzene rings is 2. The van der Waals surface area contributed by atoms with E-state index in [1.54, 1.807) is 6.20 Å². The quantitative estimate of drug-likeness (QED) is 0.480. The summed E-state index contributed by atoms with van der Waals surface area (Å²) in [5, 5.41) is 3.10. The molecule has 0 saturated heterocycles. The van der Waals surface area contributed by atoms with Crippen LogP contribution in [0.5, 0.6) is 17.2 Å². The van der Waals surface area contributed by atoms with Crippen molar-refractivity contribution in [2.45, 2.75) is 19.6 Å². The second-order valence-corrected chi connectivity index (χ2v) is 6.80. The van der Waals surface area contributed by atoms with Gasteiger partial charge in [-0.1, -0.05) is 18.2 Å². The molecule has 0 atom stereocenters. The van der Waals surface area contributed by atoms with Crippen LogP contribution in [0, 0.1) is 0 Å². The molecule has 1 aliphatic rings. The van der Waals surface area contributed by atoms with Crippen LogP contribution in [0.25, 0.3) is 0 Å². The molecule has 4 rings (SSSR count). The highest BCUT2D eigenvalue weighted by molar-refractivity contribution is 5.92. The van der Waals surface area contributed by atoms with Gasteiger partial charge in [0.05, 0.1) is 25.5 Å². The second kappa shape index (κ2) is 9.65. The highest BCUT2D eigenvalue weighted by atomic mass is 16.5. The smallest absolute Gasteiger partial charge is 0.193 e. The number of anilines is 1. The molecule has 30 heavy (non-hydrogen) atoms. The van der Waals surface area contributed by atoms with Crippen LogP contribution >= 0.6 is 0 Å². The van der Waals surface area contributed by atoms with Gasteiger partial charge in [-0.05, 0) is 42.0 Å². The molecule has 3 aromatic rings. The molecule has 7 heteroatoms. The second-order valence-electron chi connectivity index (χ2n) is 6.80. The highest BCUT2D eigenvalue weighted by Gasteiger charge is 2.10.